The maximum Gasteiger partial charge on any atom is 0.191 e. The molecule has 0 bridgehead atoms. The van der Waals surface area contributed by atoms with Crippen molar-refractivity contribution in [3.8, 4) is 11.5 Å². The molecule has 1 fully saturated rings. The summed E-state index contributed by atoms with van der Waals surface area (Å²) in [6.07, 6.45) is 3.10. The Morgan fingerprint density at radius 2 is 1.70 bits per heavy atom. The first-order valence-corrected chi connectivity index (χ1v) is 11.5. The molecule has 0 spiro atoms. The number of aliphatic imine (C=N–C) groups is 1. The first kappa shape index (κ1) is 26.9. The number of para-hydroxylation sites is 1. The Hall–Kier alpha value is -2.36. The van der Waals surface area contributed by atoms with Gasteiger partial charge in [-0.15, -0.1) is 24.0 Å². The number of anilines is 2. The summed E-state index contributed by atoms with van der Waals surface area (Å²) in [5.41, 5.74) is 2.30. The molecule has 1 aliphatic heterocycles. The largest absolute Gasteiger partial charge is 0.497 e. The molecule has 1 heterocycles. The summed E-state index contributed by atoms with van der Waals surface area (Å²) in [4.78, 5) is 7.16. The molecule has 3 N–H and O–H groups in total. The lowest BCUT2D eigenvalue weighted by molar-refractivity contribution is 0.393. The average molecular weight is 568 g/mol. The highest BCUT2D eigenvalue weighted by molar-refractivity contribution is 14.0. The molecule has 0 atom stereocenters. The summed E-state index contributed by atoms with van der Waals surface area (Å²) in [6.45, 7) is 6.62. The number of halogens is 1. The van der Waals surface area contributed by atoms with Gasteiger partial charge in [0.2, 0.25) is 0 Å². The Morgan fingerprint density at radius 1 is 1.03 bits per heavy atom. The van der Waals surface area contributed by atoms with Gasteiger partial charge in [-0.2, -0.15) is 0 Å². The topological polar surface area (TPSA) is 70.2 Å². The second kappa shape index (κ2) is 14.7. The maximum absolute atomic E-state index is 5.42. The lowest BCUT2D eigenvalue weighted by Crippen LogP contribution is -2.48. The normalized spacial score (nSPS) is 14.3. The third-order valence-electron chi connectivity index (χ3n) is 5.59. The van der Waals surface area contributed by atoms with Gasteiger partial charge in [-0.05, 0) is 38.3 Å². The van der Waals surface area contributed by atoms with Crippen molar-refractivity contribution < 1.29 is 9.47 Å². The quantitative estimate of drug-likeness (QED) is 0.172. The standard InChI is InChI=1S/C25H37N5O2.HI/c1-4-26-25(28-14-8-13-27-20-9-6-5-7-10-20)29-21-11-15-30(16-12-21)22-17-23(31-2)19-24(18-22)32-3;/h5-7,9-10,17-19,21,27H,4,8,11-16H2,1-3H3,(H2,26,28,29);1H. The molecule has 2 aromatic rings. The van der Waals surface area contributed by atoms with E-state index in [0.29, 0.717) is 6.04 Å². The second-order valence-corrected chi connectivity index (χ2v) is 7.88. The van der Waals surface area contributed by atoms with E-state index in [2.05, 4.69) is 52.0 Å². The number of rotatable bonds is 10. The molecule has 0 saturated carbocycles. The molecule has 1 aliphatic rings. The molecule has 2 aromatic carbocycles. The number of hydrogen-bond acceptors (Lipinski definition) is 5. The molecule has 33 heavy (non-hydrogen) atoms. The van der Waals surface area contributed by atoms with Crippen LogP contribution in [-0.4, -0.2) is 58.9 Å². The van der Waals surface area contributed by atoms with E-state index in [1.807, 2.05) is 24.3 Å². The molecule has 7 nitrogen and oxygen atoms in total. The summed E-state index contributed by atoms with van der Waals surface area (Å²) in [5, 5.41) is 10.4. The van der Waals surface area contributed by atoms with Crippen LogP contribution in [0.4, 0.5) is 11.4 Å². The highest BCUT2D eigenvalue weighted by Crippen LogP contribution is 2.30. The van der Waals surface area contributed by atoms with Gasteiger partial charge in [0.25, 0.3) is 0 Å². The predicted octanol–water partition coefficient (Wildman–Crippen LogP) is 4.35. The fourth-order valence-electron chi connectivity index (χ4n) is 3.83. The average Bonchev–Trinajstić information content (AvgIpc) is 2.84. The molecular formula is C25H38IN5O2. The molecule has 8 heteroatoms. The van der Waals surface area contributed by atoms with Gasteiger partial charge in [-0.1, -0.05) is 18.2 Å². The van der Waals surface area contributed by atoms with Crippen LogP contribution in [0.2, 0.25) is 0 Å². The fourth-order valence-corrected chi connectivity index (χ4v) is 3.83. The van der Waals surface area contributed by atoms with Crippen molar-refractivity contribution in [3.05, 3.63) is 48.5 Å². The van der Waals surface area contributed by atoms with E-state index < -0.39 is 0 Å². The van der Waals surface area contributed by atoms with Crippen LogP contribution >= 0.6 is 24.0 Å². The lowest BCUT2D eigenvalue weighted by Gasteiger charge is -2.34. The molecular weight excluding hydrogens is 529 g/mol. The Bertz CT molecular complexity index is 820. The van der Waals surface area contributed by atoms with Crippen LogP contribution in [0.5, 0.6) is 11.5 Å². The Kier molecular flexibility index (Phi) is 12.0. The van der Waals surface area contributed by atoms with E-state index in [9.17, 15) is 0 Å². The third kappa shape index (κ3) is 8.83. The van der Waals surface area contributed by atoms with E-state index in [1.165, 1.54) is 0 Å². The predicted molar refractivity (Wildman–Crippen MR) is 149 cm³/mol. The van der Waals surface area contributed by atoms with Crippen LogP contribution in [0.15, 0.2) is 53.5 Å². The van der Waals surface area contributed by atoms with Crippen LogP contribution < -0.4 is 30.3 Å². The molecule has 1 saturated heterocycles. The van der Waals surface area contributed by atoms with Crippen molar-refractivity contribution in [1.82, 2.24) is 10.6 Å². The van der Waals surface area contributed by atoms with Crippen molar-refractivity contribution in [2.75, 3.05) is 57.2 Å². The first-order chi connectivity index (χ1) is 15.7. The van der Waals surface area contributed by atoms with Crippen molar-refractivity contribution in [3.63, 3.8) is 0 Å². The number of nitrogens with zero attached hydrogens (tertiary/aromatic N) is 2. The van der Waals surface area contributed by atoms with Crippen LogP contribution in [0.1, 0.15) is 26.2 Å². The smallest absolute Gasteiger partial charge is 0.191 e. The lowest BCUT2D eigenvalue weighted by atomic mass is 10.0. The highest BCUT2D eigenvalue weighted by Gasteiger charge is 2.21. The Balaban J connectivity index is 0.00000385. The summed E-state index contributed by atoms with van der Waals surface area (Å²) in [6, 6.07) is 16.8. The van der Waals surface area contributed by atoms with Crippen molar-refractivity contribution >= 4 is 41.3 Å². The van der Waals surface area contributed by atoms with Crippen LogP contribution in [0, 0.1) is 0 Å². The van der Waals surface area contributed by atoms with Crippen LogP contribution in [0.25, 0.3) is 0 Å². The van der Waals surface area contributed by atoms with Crippen molar-refractivity contribution in [1.29, 1.82) is 0 Å². The number of nitrogens with one attached hydrogen (secondary N) is 3. The zero-order chi connectivity index (χ0) is 22.6. The number of hydrogen-bond donors (Lipinski definition) is 3. The van der Waals surface area contributed by atoms with Gasteiger partial charge in [0.15, 0.2) is 5.96 Å². The fraction of sp³-hybridized carbons (Fsp3) is 0.480. The number of benzene rings is 2. The Morgan fingerprint density at radius 3 is 2.30 bits per heavy atom. The molecule has 182 valence electrons. The molecule has 3 rings (SSSR count). The minimum atomic E-state index is 0. The minimum Gasteiger partial charge on any atom is -0.497 e. The van der Waals surface area contributed by atoms with E-state index in [0.717, 1.165) is 80.8 Å². The molecule has 0 aromatic heterocycles. The van der Waals surface area contributed by atoms with Crippen molar-refractivity contribution in [2.24, 2.45) is 4.99 Å². The second-order valence-electron chi connectivity index (χ2n) is 7.88. The molecule has 0 aliphatic carbocycles. The van der Waals surface area contributed by atoms with Crippen LogP contribution in [0.3, 0.4) is 0 Å². The van der Waals surface area contributed by atoms with E-state index in [-0.39, 0.29) is 24.0 Å². The molecule has 0 unspecified atom stereocenters. The number of piperidine rings is 1. The molecule has 0 radical (unpaired) electrons. The van der Waals surface area contributed by atoms with E-state index >= 15 is 0 Å². The van der Waals surface area contributed by atoms with Gasteiger partial charge >= 0.3 is 0 Å². The van der Waals surface area contributed by atoms with Gasteiger partial charge in [-0.25, -0.2) is 0 Å². The third-order valence-corrected chi connectivity index (χ3v) is 5.59. The zero-order valence-electron chi connectivity index (χ0n) is 20.0. The summed E-state index contributed by atoms with van der Waals surface area (Å²) in [7, 11) is 3.38. The van der Waals surface area contributed by atoms with E-state index in [1.54, 1.807) is 14.2 Å². The SMILES string of the molecule is CCNC(=NCCCNc1ccccc1)NC1CCN(c2cc(OC)cc(OC)c2)CC1.I. The summed E-state index contributed by atoms with van der Waals surface area (Å²) < 4.78 is 10.8. The zero-order valence-corrected chi connectivity index (χ0v) is 22.3. The summed E-state index contributed by atoms with van der Waals surface area (Å²) in [5.74, 6) is 2.56. The monoisotopic (exact) mass is 567 g/mol. The maximum atomic E-state index is 5.42. The van der Waals surface area contributed by atoms with Gasteiger partial charge in [0.05, 0.1) is 14.2 Å². The van der Waals surface area contributed by atoms with Crippen molar-refractivity contribution in [2.45, 2.75) is 32.2 Å². The first-order valence-electron chi connectivity index (χ1n) is 11.5. The highest BCUT2D eigenvalue weighted by atomic mass is 127. The van der Waals surface area contributed by atoms with Crippen LogP contribution in [-0.2, 0) is 0 Å². The van der Waals surface area contributed by atoms with Gasteiger partial charge in [0.1, 0.15) is 11.5 Å². The van der Waals surface area contributed by atoms with Gasteiger partial charge < -0.3 is 30.3 Å². The number of guanidine groups is 1. The Labute approximate surface area is 215 Å². The van der Waals surface area contributed by atoms with Gasteiger partial charge in [-0.3, -0.25) is 4.99 Å². The number of ether oxygens (including phenoxy) is 2. The summed E-state index contributed by atoms with van der Waals surface area (Å²) >= 11 is 0. The number of methoxy groups -OCH3 is 2. The van der Waals surface area contributed by atoms with E-state index in [4.69, 9.17) is 14.5 Å². The minimum absolute atomic E-state index is 0. The van der Waals surface area contributed by atoms with Gasteiger partial charge in [0, 0.05) is 68.3 Å². The molecule has 0 amide bonds.